The maximum absolute atomic E-state index is 13.8. The molecule has 1 aromatic rings. The molecular weight excluding hydrogens is 327 g/mol. The summed E-state index contributed by atoms with van der Waals surface area (Å²) in [7, 11) is 0. The second-order valence-electron chi connectivity index (χ2n) is 8.10. The molecule has 0 atom stereocenters. The zero-order chi connectivity index (χ0) is 18.8. The third-order valence-electron chi connectivity index (χ3n) is 6.04. The molecule has 3 heteroatoms. The molecule has 1 N–H and O–H groups in total. The first kappa shape index (κ1) is 20.9. The quantitative estimate of drug-likeness (QED) is 0.430. The van der Waals surface area contributed by atoms with Gasteiger partial charge in [0.1, 0.15) is 5.82 Å². The molecule has 1 aliphatic carbocycles. The summed E-state index contributed by atoms with van der Waals surface area (Å²) in [5.74, 6) is -0.141. The third-order valence-corrected chi connectivity index (χ3v) is 6.04. The van der Waals surface area contributed by atoms with Crippen molar-refractivity contribution in [2.24, 2.45) is 11.8 Å². The van der Waals surface area contributed by atoms with Gasteiger partial charge in [0.05, 0.1) is 5.56 Å². The van der Waals surface area contributed by atoms with E-state index in [0.717, 1.165) is 30.2 Å². The van der Waals surface area contributed by atoms with Gasteiger partial charge in [0, 0.05) is 0 Å². The Morgan fingerprint density at radius 2 is 1.62 bits per heavy atom. The number of hydrogen-bond donors (Lipinski definition) is 1. The summed E-state index contributed by atoms with van der Waals surface area (Å²) < 4.78 is 13.8. The lowest BCUT2D eigenvalue weighted by Gasteiger charge is -2.28. The lowest BCUT2D eigenvalue weighted by Crippen LogP contribution is -2.15. The highest BCUT2D eigenvalue weighted by Crippen LogP contribution is 2.34. The molecule has 1 saturated carbocycles. The molecule has 0 saturated heterocycles. The van der Waals surface area contributed by atoms with Gasteiger partial charge in [-0.2, -0.15) is 0 Å². The van der Waals surface area contributed by atoms with E-state index in [1.165, 1.54) is 82.8 Å². The van der Waals surface area contributed by atoms with Crippen LogP contribution in [-0.4, -0.2) is 11.1 Å². The summed E-state index contributed by atoms with van der Waals surface area (Å²) in [6.45, 7) is 2.26. The van der Waals surface area contributed by atoms with Crippen molar-refractivity contribution in [1.82, 2.24) is 0 Å². The van der Waals surface area contributed by atoms with Crippen LogP contribution < -0.4 is 0 Å². The van der Waals surface area contributed by atoms with E-state index in [0.29, 0.717) is 0 Å². The number of benzene rings is 1. The van der Waals surface area contributed by atoms with Crippen LogP contribution in [0.4, 0.5) is 4.39 Å². The van der Waals surface area contributed by atoms with E-state index >= 15 is 0 Å². The summed E-state index contributed by atoms with van der Waals surface area (Å²) in [6.07, 6.45) is 17.0. The molecule has 0 unspecified atom stereocenters. The van der Waals surface area contributed by atoms with Crippen LogP contribution in [0.25, 0.3) is 0 Å². The minimum atomic E-state index is -1.20. The molecule has 0 heterocycles. The molecule has 0 bridgehead atoms. The summed E-state index contributed by atoms with van der Waals surface area (Å²) in [4.78, 5) is 10.9. The monoisotopic (exact) mass is 362 g/mol. The zero-order valence-corrected chi connectivity index (χ0v) is 16.3. The van der Waals surface area contributed by atoms with Crippen molar-refractivity contribution in [2.75, 3.05) is 0 Å². The molecule has 0 aliphatic heterocycles. The van der Waals surface area contributed by atoms with E-state index in [1.54, 1.807) is 6.07 Å². The summed E-state index contributed by atoms with van der Waals surface area (Å²) in [5.41, 5.74) is 0.686. The minimum absolute atomic E-state index is 0.232. The van der Waals surface area contributed by atoms with Crippen molar-refractivity contribution in [1.29, 1.82) is 0 Å². The molecule has 0 radical (unpaired) electrons. The van der Waals surface area contributed by atoms with Crippen molar-refractivity contribution < 1.29 is 14.3 Å². The summed E-state index contributed by atoms with van der Waals surface area (Å²) >= 11 is 0. The fraction of sp³-hybridized carbons (Fsp3) is 0.696. The average molecular weight is 363 g/mol. The second kappa shape index (κ2) is 11.4. The highest BCUT2D eigenvalue weighted by Gasteiger charge is 2.21. The van der Waals surface area contributed by atoms with Crippen LogP contribution in [0.5, 0.6) is 0 Å². The molecule has 1 fully saturated rings. The van der Waals surface area contributed by atoms with Gasteiger partial charge < -0.3 is 5.11 Å². The van der Waals surface area contributed by atoms with Gasteiger partial charge in [-0.3, -0.25) is 0 Å². The zero-order valence-electron chi connectivity index (χ0n) is 16.3. The number of carboxylic acid groups (broad SMARTS) is 1. The molecule has 0 amide bonds. The topological polar surface area (TPSA) is 37.3 Å². The molecule has 2 rings (SSSR count). The number of carbonyl (C=O) groups is 1. The highest BCUT2D eigenvalue weighted by atomic mass is 19.1. The number of carboxylic acids is 1. The second-order valence-corrected chi connectivity index (χ2v) is 8.10. The SMILES string of the molecule is CCCCCCCCC1CCC(CCc2ccc(C(=O)O)c(F)c2)CC1. The highest BCUT2D eigenvalue weighted by molar-refractivity contribution is 5.87. The first-order valence-corrected chi connectivity index (χ1v) is 10.6. The number of rotatable bonds is 11. The van der Waals surface area contributed by atoms with Gasteiger partial charge in [-0.15, -0.1) is 0 Å². The standard InChI is InChI=1S/C23H35FO2/c1-2-3-4-5-6-7-8-18-9-11-19(12-10-18)13-14-20-15-16-21(23(25)26)22(24)17-20/h15-19H,2-14H2,1H3,(H,25,26). The smallest absolute Gasteiger partial charge is 0.338 e. The lowest BCUT2D eigenvalue weighted by atomic mass is 9.77. The predicted octanol–water partition coefficient (Wildman–Crippen LogP) is 7.01. The van der Waals surface area contributed by atoms with Gasteiger partial charge in [0.25, 0.3) is 0 Å². The Kier molecular flexibility index (Phi) is 9.14. The molecule has 26 heavy (non-hydrogen) atoms. The average Bonchev–Trinajstić information content (AvgIpc) is 2.63. The minimum Gasteiger partial charge on any atom is -0.478 e. The first-order valence-electron chi connectivity index (χ1n) is 10.6. The number of aromatic carboxylic acids is 1. The molecule has 0 spiro atoms. The van der Waals surface area contributed by atoms with Crippen molar-refractivity contribution >= 4 is 5.97 Å². The van der Waals surface area contributed by atoms with Crippen LogP contribution >= 0.6 is 0 Å². The molecular formula is C23H35FO2. The Bertz CT molecular complexity index is 547. The fourth-order valence-corrected chi connectivity index (χ4v) is 4.28. The third kappa shape index (κ3) is 7.09. The van der Waals surface area contributed by atoms with Gasteiger partial charge in [-0.1, -0.05) is 83.6 Å². The molecule has 2 nitrogen and oxygen atoms in total. The largest absolute Gasteiger partial charge is 0.478 e. The van der Waals surface area contributed by atoms with Crippen LogP contribution in [-0.2, 0) is 6.42 Å². The maximum Gasteiger partial charge on any atom is 0.338 e. The molecule has 1 aromatic carbocycles. The number of halogens is 1. The van der Waals surface area contributed by atoms with Crippen LogP contribution in [0.2, 0.25) is 0 Å². The van der Waals surface area contributed by atoms with Crippen molar-refractivity contribution in [3.05, 3.63) is 35.1 Å². The van der Waals surface area contributed by atoms with Gasteiger partial charge in [0.15, 0.2) is 0 Å². The Morgan fingerprint density at radius 1 is 1.00 bits per heavy atom. The van der Waals surface area contributed by atoms with E-state index in [-0.39, 0.29) is 5.56 Å². The van der Waals surface area contributed by atoms with E-state index < -0.39 is 11.8 Å². The van der Waals surface area contributed by atoms with Crippen LogP contribution in [0, 0.1) is 17.7 Å². The maximum atomic E-state index is 13.8. The molecule has 1 aliphatic rings. The first-order chi connectivity index (χ1) is 12.6. The van der Waals surface area contributed by atoms with Gasteiger partial charge in [-0.25, -0.2) is 9.18 Å². The van der Waals surface area contributed by atoms with Crippen molar-refractivity contribution in [2.45, 2.75) is 90.4 Å². The van der Waals surface area contributed by atoms with Crippen LogP contribution in [0.15, 0.2) is 18.2 Å². The normalized spacial score (nSPS) is 20.2. The number of hydrogen-bond acceptors (Lipinski definition) is 1. The number of unbranched alkanes of at least 4 members (excludes halogenated alkanes) is 5. The van der Waals surface area contributed by atoms with Gasteiger partial charge in [0.2, 0.25) is 0 Å². The molecule has 0 aromatic heterocycles. The summed E-state index contributed by atoms with van der Waals surface area (Å²) in [6, 6.07) is 4.55. The van der Waals surface area contributed by atoms with E-state index in [9.17, 15) is 9.18 Å². The summed E-state index contributed by atoms with van der Waals surface area (Å²) in [5, 5.41) is 8.89. The Labute approximate surface area is 158 Å². The van der Waals surface area contributed by atoms with Crippen molar-refractivity contribution in [3.63, 3.8) is 0 Å². The van der Waals surface area contributed by atoms with Crippen LogP contribution in [0.1, 0.15) is 99.9 Å². The van der Waals surface area contributed by atoms with Gasteiger partial charge >= 0.3 is 5.97 Å². The van der Waals surface area contributed by atoms with Crippen LogP contribution in [0.3, 0.4) is 0 Å². The molecule has 146 valence electrons. The number of aryl methyl sites for hydroxylation is 1. The van der Waals surface area contributed by atoms with E-state index in [2.05, 4.69) is 6.92 Å². The Balaban J connectivity index is 1.61. The van der Waals surface area contributed by atoms with Crippen molar-refractivity contribution in [3.8, 4) is 0 Å². The Morgan fingerprint density at radius 3 is 2.23 bits per heavy atom. The van der Waals surface area contributed by atoms with E-state index in [4.69, 9.17) is 5.11 Å². The predicted molar refractivity (Wildman–Crippen MR) is 105 cm³/mol. The van der Waals surface area contributed by atoms with Gasteiger partial charge in [-0.05, 0) is 42.4 Å². The fourth-order valence-electron chi connectivity index (χ4n) is 4.28. The lowest BCUT2D eigenvalue weighted by molar-refractivity contribution is 0.0692. The Hall–Kier alpha value is -1.38. The van der Waals surface area contributed by atoms with E-state index in [1.807, 2.05) is 0 Å².